The Morgan fingerprint density at radius 1 is 0.554 bits per heavy atom. The van der Waals surface area contributed by atoms with E-state index in [0.29, 0.717) is 36.0 Å². The van der Waals surface area contributed by atoms with Crippen LogP contribution in [0.15, 0.2) is 124 Å². The van der Waals surface area contributed by atoms with Crippen LogP contribution in [0.25, 0.3) is 0 Å². The van der Waals surface area contributed by atoms with Crippen molar-refractivity contribution in [2.75, 3.05) is 39.1 Å². The molecule has 0 aliphatic rings. The maximum absolute atomic E-state index is 13.4. The second-order valence-corrected chi connectivity index (χ2v) is 15.6. The van der Waals surface area contributed by atoms with Gasteiger partial charge in [0.25, 0.3) is 23.6 Å². The number of hydrogen-bond donors (Lipinski definition) is 4. The summed E-state index contributed by atoms with van der Waals surface area (Å²) in [5.41, 5.74) is 3.24. The minimum absolute atomic E-state index is 0.0177. The van der Waals surface area contributed by atoms with Gasteiger partial charge < -0.3 is 26.0 Å². The van der Waals surface area contributed by atoms with Gasteiger partial charge in [-0.2, -0.15) is 20.5 Å². The number of Topliss-reactive ketones (excluding diaryl/α,β-unsaturated/α-hetero) is 2. The largest absolute Gasteiger partial charge is 0.476 e. The van der Waals surface area contributed by atoms with E-state index >= 15 is 0 Å². The van der Waals surface area contributed by atoms with E-state index < -0.39 is 47.3 Å². The molecule has 2 atom stereocenters. The van der Waals surface area contributed by atoms with Crippen LogP contribution in [0.2, 0.25) is 10.0 Å². The fourth-order valence-corrected chi connectivity index (χ4v) is 6.99. The second-order valence-electron chi connectivity index (χ2n) is 13.9. The number of hydrogen-bond acceptors (Lipinski definition) is 11. The highest BCUT2D eigenvalue weighted by Gasteiger charge is 2.27. The maximum Gasteiger partial charge on any atom is 0.258 e. The number of anilines is 4. The van der Waals surface area contributed by atoms with E-state index in [4.69, 9.17) is 62.7 Å². The van der Waals surface area contributed by atoms with Crippen molar-refractivity contribution in [2.45, 2.75) is 38.8 Å². The highest BCUT2D eigenvalue weighted by molar-refractivity contribution is 6.37. The Balaban J connectivity index is 1.27. The van der Waals surface area contributed by atoms with Gasteiger partial charge in [0.1, 0.15) is 17.1 Å². The zero-order valence-electron chi connectivity index (χ0n) is 34.5. The predicted octanol–water partition coefficient (Wildman–Crippen LogP) is 11.0. The number of halogens is 5. The number of nitrogens with one attached hydrogen (secondary N) is 4. The quantitative estimate of drug-likeness (QED) is 0.0336. The summed E-state index contributed by atoms with van der Waals surface area (Å²) in [5.74, 6) is -3.40. The molecule has 4 N–H and O–H groups in total. The van der Waals surface area contributed by atoms with Crippen molar-refractivity contribution in [3.05, 3.63) is 135 Å². The molecule has 4 amide bonds. The number of benzene rings is 5. The third kappa shape index (κ3) is 13.9. The Labute approximate surface area is 398 Å². The number of amides is 4. The van der Waals surface area contributed by atoms with Crippen LogP contribution >= 0.6 is 58.0 Å². The van der Waals surface area contributed by atoms with Crippen LogP contribution in [0.1, 0.15) is 45.7 Å². The van der Waals surface area contributed by atoms with Crippen molar-refractivity contribution in [2.24, 2.45) is 20.5 Å². The van der Waals surface area contributed by atoms with Gasteiger partial charge in [0, 0.05) is 34.9 Å². The molecule has 0 aromatic heterocycles. The first-order valence-corrected chi connectivity index (χ1v) is 21.9. The SMILES string of the molecule is CC(=O)C(N=Nc1cccc(C(=O)Nc2cccc(CCCl)c2)c1Cl)C(=O)Nc1ccc(NC(=O)C(N=Nc2cccc(C(=O)Nc3cccc(CCCl)c3)c2Cl)C(C)=O)c(OCCl)c1. The lowest BCUT2D eigenvalue weighted by molar-refractivity contribution is -0.127. The monoisotopic (exact) mass is 978 g/mol. The summed E-state index contributed by atoms with van der Waals surface area (Å²) in [7, 11) is 0. The van der Waals surface area contributed by atoms with Gasteiger partial charge >= 0.3 is 0 Å². The van der Waals surface area contributed by atoms with E-state index in [9.17, 15) is 28.8 Å². The van der Waals surface area contributed by atoms with Crippen LogP contribution in [0.3, 0.4) is 0 Å². The standard InChI is InChI=1S/C45H39Cl5N8O7/c1-25(59)40(57-55-35-13-5-11-32(38(35)49)42(61)51-29-9-3-7-27(21-29)17-19-46)44(63)53-31-15-16-34(37(23-31)65-24-48)54-45(64)41(26(2)60)58-56-36-14-6-12-33(39(36)50)43(62)52-30-10-4-8-28(22-30)18-20-47/h3-16,21-23,40-41H,17-20,24H2,1-2H3,(H,51,61)(H,52,62)(H,53,63)(H,54,64). The molecule has 0 aliphatic carbocycles. The van der Waals surface area contributed by atoms with Crippen molar-refractivity contribution < 1.29 is 33.5 Å². The van der Waals surface area contributed by atoms with Gasteiger partial charge in [-0.3, -0.25) is 28.8 Å². The van der Waals surface area contributed by atoms with Crippen LogP contribution in [0, 0.1) is 0 Å². The molecule has 0 aliphatic heterocycles. The van der Waals surface area contributed by atoms with Crippen molar-refractivity contribution >= 4 is 127 Å². The lowest BCUT2D eigenvalue weighted by Crippen LogP contribution is -2.32. The molecule has 336 valence electrons. The van der Waals surface area contributed by atoms with Crippen molar-refractivity contribution in [3.8, 4) is 5.75 Å². The Bertz CT molecular complexity index is 2660. The number of carbonyl (C=O) groups excluding carboxylic acids is 6. The van der Waals surface area contributed by atoms with Gasteiger partial charge in [0.05, 0.1) is 26.9 Å². The number of alkyl halides is 3. The number of aryl methyl sites for hydroxylation is 2. The molecule has 65 heavy (non-hydrogen) atoms. The molecule has 0 saturated heterocycles. The number of ketones is 2. The van der Waals surface area contributed by atoms with Crippen molar-refractivity contribution in [1.82, 2.24) is 0 Å². The summed E-state index contributed by atoms with van der Waals surface area (Å²) in [5, 5.41) is 26.5. The fraction of sp³-hybridized carbons (Fsp3) is 0.200. The van der Waals surface area contributed by atoms with E-state index in [0.717, 1.165) is 25.0 Å². The third-order valence-corrected chi connectivity index (χ3v) is 10.4. The summed E-state index contributed by atoms with van der Waals surface area (Å²) in [6.45, 7) is 2.28. The smallest absolute Gasteiger partial charge is 0.258 e. The van der Waals surface area contributed by atoms with E-state index in [1.54, 1.807) is 36.4 Å². The van der Waals surface area contributed by atoms with Crippen LogP contribution < -0.4 is 26.0 Å². The second kappa shape index (κ2) is 24.2. The highest BCUT2D eigenvalue weighted by atomic mass is 35.5. The van der Waals surface area contributed by atoms with Crippen molar-refractivity contribution in [3.63, 3.8) is 0 Å². The van der Waals surface area contributed by atoms with E-state index in [2.05, 4.69) is 41.7 Å². The molecule has 0 spiro atoms. The average Bonchev–Trinajstić information content (AvgIpc) is 3.26. The van der Waals surface area contributed by atoms with E-state index in [1.165, 1.54) is 54.6 Å². The van der Waals surface area contributed by atoms with Gasteiger partial charge in [-0.25, -0.2) is 0 Å². The summed E-state index contributed by atoms with van der Waals surface area (Å²) < 4.78 is 5.49. The number of nitrogens with zero attached hydrogens (tertiary/aromatic N) is 4. The van der Waals surface area contributed by atoms with E-state index in [1.807, 2.05) is 12.1 Å². The van der Waals surface area contributed by atoms with Crippen LogP contribution in [0.4, 0.5) is 34.1 Å². The first-order chi connectivity index (χ1) is 31.2. The number of rotatable bonds is 20. The molecule has 0 radical (unpaired) electrons. The third-order valence-electron chi connectivity index (χ3n) is 9.13. The van der Waals surface area contributed by atoms with Crippen LogP contribution in [0.5, 0.6) is 5.75 Å². The fourth-order valence-electron chi connectivity index (χ4n) is 5.94. The first-order valence-electron chi connectivity index (χ1n) is 19.5. The van der Waals surface area contributed by atoms with Gasteiger partial charge in [0.2, 0.25) is 12.1 Å². The summed E-state index contributed by atoms with van der Waals surface area (Å²) in [4.78, 5) is 78.3. The molecule has 0 heterocycles. The first kappa shape index (κ1) is 49.8. The predicted molar refractivity (Wildman–Crippen MR) is 254 cm³/mol. The van der Waals surface area contributed by atoms with Gasteiger partial charge in [0.15, 0.2) is 17.6 Å². The summed E-state index contributed by atoms with van der Waals surface area (Å²) in [6.07, 6.45) is 1.23. The minimum atomic E-state index is -1.67. The van der Waals surface area contributed by atoms with Gasteiger partial charge in [-0.05, 0) is 98.5 Å². The van der Waals surface area contributed by atoms with Crippen LogP contribution in [-0.4, -0.2) is 65.1 Å². The lowest BCUT2D eigenvalue weighted by atomic mass is 10.1. The normalized spacial score (nSPS) is 12.0. The molecule has 5 aromatic rings. The molecular formula is C45H39Cl5N8O7. The zero-order valence-corrected chi connectivity index (χ0v) is 38.3. The summed E-state index contributed by atoms with van der Waals surface area (Å²) >= 11 is 30.7. The molecule has 0 bridgehead atoms. The van der Waals surface area contributed by atoms with E-state index in [-0.39, 0.29) is 55.7 Å². The topological polar surface area (TPSA) is 209 Å². The number of azo groups is 2. The average molecular weight is 981 g/mol. The highest BCUT2D eigenvalue weighted by Crippen LogP contribution is 2.33. The Morgan fingerprint density at radius 2 is 1.00 bits per heavy atom. The number of carbonyl (C=O) groups is 6. The molecule has 15 nitrogen and oxygen atoms in total. The Hall–Kier alpha value is -6.23. The molecule has 0 saturated carbocycles. The molecule has 5 aromatic carbocycles. The molecule has 2 unspecified atom stereocenters. The molecule has 0 fully saturated rings. The van der Waals surface area contributed by atoms with Crippen LogP contribution in [-0.2, 0) is 32.0 Å². The molecule has 20 heteroatoms. The molecule has 5 rings (SSSR count). The Morgan fingerprint density at radius 3 is 1.45 bits per heavy atom. The van der Waals surface area contributed by atoms with Gasteiger partial charge in [-0.1, -0.05) is 71.2 Å². The Kier molecular flexibility index (Phi) is 18.5. The minimum Gasteiger partial charge on any atom is -0.476 e. The maximum atomic E-state index is 13.4. The zero-order chi connectivity index (χ0) is 47.0. The van der Waals surface area contributed by atoms with Crippen molar-refractivity contribution in [1.29, 1.82) is 0 Å². The number of ether oxygens (including phenoxy) is 1. The molecular weight excluding hydrogens is 942 g/mol. The van der Waals surface area contributed by atoms with Gasteiger partial charge in [-0.15, -0.1) is 23.2 Å². The lowest BCUT2D eigenvalue weighted by Gasteiger charge is -2.15. The summed E-state index contributed by atoms with van der Waals surface area (Å²) in [6, 6.07) is 23.6.